The third-order valence-corrected chi connectivity index (χ3v) is 5.00. The molecule has 0 bridgehead atoms. The molecule has 0 aromatic carbocycles. The van der Waals surface area contributed by atoms with E-state index in [9.17, 15) is 0 Å². The standard InChI is InChI=1S/C12H8Br2S2/c13-11-7-5-9(15-11)3-1-2-4-10-6-8-12(14)16-10/h1-8H/b3-1-,4-2+. The summed E-state index contributed by atoms with van der Waals surface area (Å²) in [7, 11) is 0. The SMILES string of the molecule is Brc1ccc(/C=C\C=C\c2ccc(Br)s2)s1. The lowest BCUT2D eigenvalue weighted by Gasteiger charge is -1.81. The van der Waals surface area contributed by atoms with Crippen molar-refractivity contribution in [1.29, 1.82) is 0 Å². The lowest BCUT2D eigenvalue weighted by molar-refractivity contribution is 1.90. The Hall–Kier alpha value is -0.160. The van der Waals surface area contributed by atoms with Gasteiger partial charge in [-0.05, 0) is 68.3 Å². The molecule has 0 saturated carbocycles. The molecule has 2 rings (SSSR count). The maximum Gasteiger partial charge on any atom is 0.0704 e. The predicted octanol–water partition coefficient (Wildman–Crippen LogP) is 6.06. The van der Waals surface area contributed by atoms with Gasteiger partial charge in [-0.25, -0.2) is 0 Å². The van der Waals surface area contributed by atoms with Gasteiger partial charge in [0.05, 0.1) is 7.57 Å². The molecular weight excluding hydrogens is 368 g/mol. The number of allylic oxidation sites excluding steroid dienone is 2. The Balaban J connectivity index is 1.96. The van der Waals surface area contributed by atoms with Crippen LogP contribution in [-0.2, 0) is 0 Å². The Kier molecular flexibility index (Phi) is 4.58. The lowest BCUT2D eigenvalue weighted by atomic mass is 10.3. The molecule has 0 atom stereocenters. The molecule has 2 heterocycles. The predicted molar refractivity (Wildman–Crippen MR) is 82.1 cm³/mol. The Morgan fingerprint density at radius 2 is 1.19 bits per heavy atom. The van der Waals surface area contributed by atoms with Crippen molar-refractivity contribution in [3.63, 3.8) is 0 Å². The third kappa shape index (κ3) is 3.70. The normalized spacial score (nSPS) is 11.9. The van der Waals surface area contributed by atoms with Crippen LogP contribution in [-0.4, -0.2) is 0 Å². The van der Waals surface area contributed by atoms with Crippen LogP contribution in [0.3, 0.4) is 0 Å². The zero-order valence-corrected chi connectivity index (χ0v) is 13.0. The highest BCUT2D eigenvalue weighted by Gasteiger charge is 1.92. The summed E-state index contributed by atoms with van der Waals surface area (Å²) in [4.78, 5) is 2.51. The molecule has 0 saturated heterocycles. The first-order valence-electron chi connectivity index (χ1n) is 4.59. The fourth-order valence-electron chi connectivity index (χ4n) is 1.14. The van der Waals surface area contributed by atoms with Crippen LogP contribution in [0, 0.1) is 0 Å². The fourth-order valence-corrected chi connectivity index (χ4v) is 3.81. The van der Waals surface area contributed by atoms with Crippen LogP contribution in [0.5, 0.6) is 0 Å². The highest BCUT2D eigenvalue weighted by Crippen LogP contribution is 2.24. The third-order valence-electron chi connectivity index (χ3n) is 1.82. The Morgan fingerprint density at radius 1 is 0.750 bits per heavy atom. The van der Waals surface area contributed by atoms with Gasteiger partial charge in [-0.3, -0.25) is 0 Å². The van der Waals surface area contributed by atoms with E-state index in [4.69, 9.17) is 0 Å². The summed E-state index contributed by atoms with van der Waals surface area (Å²) in [5, 5.41) is 0. The first-order chi connectivity index (χ1) is 7.74. The first kappa shape index (κ1) is 12.3. The van der Waals surface area contributed by atoms with E-state index in [-0.39, 0.29) is 0 Å². The van der Waals surface area contributed by atoms with Crippen molar-refractivity contribution >= 4 is 66.7 Å². The number of halogens is 2. The van der Waals surface area contributed by atoms with E-state index in [1.54, 1.807) is 22.7 Å². The molecule has 16 heavy (non-hydrogen) atoms. The summed E-state index contributed by atoms with van der Waals surface area (Å²) in [5.41, 5.74) is 0. The molecule has 0 aliphatic heterocycles. The molecule has 0 nitrogen and oxygen atoms in total. The fraction of sp³-hybridized carbons (Fsp3) is 0. The lowest BCUT2D eigenvalue weighted by Crippen LogP contribution is -1.56. The largest absolute Gasteiger partial charge is 0.129 e. The van der Waals surface area contributed by atoms with Crippen LogP contribution in [0.25, 0.3) is 12.2 Å². The van der Waals surface area contributed by atoms with Gasteiger partial charge in [-0.2, -0.15) is 0 Å². The summed E-state index contributed by atoms with van der Waals surface area (Å²) in [6, 6.07) is 8.32. The van der Waals surface area contributed by atoms with E-state index in [0.717, 1.165) is 0 Å². The number of thiophene rings is 2. The van der Waals surface area contributed by atoms with E-state index in [0.29, 0.717) is 0 Å². The summed E-state index contributed by atoms with van der Waals surface area (Å²) in [6.45, 7) is 0. The molecule has 0 amide bonds. The van der Waals surface area contributed by atoms with Crippen LogP contribution < -0.4 is 0 Å². The van der Waals surface area contributed by atoms with E-state index < -0.39 is 0 Å². The summed E-state index contributed by atoms with van der Waals surface area (Å²) >= 11 is 10.3. The summed E-state index contributed by atoms with van der Waals surface area (Å²) < 4.78 is 2.33. The second kappa shape index (κ2) is 5.96. The van der Waals surface area contributed by atoms with E-state index >= 15 is 0 Å². The van der Waals surface area contributed by atoms with Crippen molar-refractivity contribution in [1.82, 2.24) is 0 Å². The summed E-state index contributed by atoms with van der Waals surface area (Å²) in [5.74, 6) is 0. The second-order valence-corrected chi connectivity index (χ2v) is 7.99. The van der Waals surface area contributed by atoms with Gasteiger partial charge in [0.1, 0.15) is 0 Å². The van der Waals surface area contributed by atoms with Gasteiger partial charge in [-0.1, -0.05) is 12.2 Å². The zero-order chi connectivity index (χ0) is 11.4. The minimum Gasteiger partial charge on any atom is -0.129 e. The summed E-state index contributed by atoms with van der Waals surface area (Å²) in [6.07, 6.45) is 8.33. The Morgan fingerprint density at radius 3 is 1.50 bits per heavy atom. The van der Waals surface area contributed by atoms with Crippen molar-refractivity contribution in [3.05, 3.63) is 53.7 Å². The highest BCUT2D eigenvalue weighted by atomic mass is 79.9. The van der Waals surface area contributed by atoms with Crippen molar-refractivity contribution in [2.75, 3.05) is 0 Å². The van der Waals surface area contributed by atoms with Gasteiger partial charge in [0.25, 0.3) is 0 Å². The van der Waals surface area contributed by atoms with Gasteiger partial charge >= 0.3 is 0 Å². The zero-order valence-electron chi connectivity index (χ0n) is 8.19. The average Bonchev–Trinajstić information content (AvgIpc) is 2.83. The average molecular weight is 376 g/mol. The van der Waals surface area contributed by atoms with Crippen molar-refractivity contribution in [3.8, 4) is 0 Å². The molecule has 0 aliphatic rings. The molecule has 0 aliphatic carbocycles. The van der Waals surface area contributed by atoms with Gasteiger partial charge in [0.15, 0.2) is 0 Å². The molecule has 0 radical (unpaired) electrons. The molecule has 82 valence electrons. The topological polar surface area (TPSA) is 0 Å². The second-order valence-electron chi connectivity index (χ2n) is 3.00. The van der Waals surface area contributed by atoms with Crippen LogP contribution in [0.1, 0.15) is 9.75 Å². The van der Waals surface area contributed by atoms with Crippen LogP contribution in [0.4, 0.5) is 0 Å². The molecule has 2 aromatic heterocycles. The van der Waals surface area contributed by atoms with Crippen LogP contribution in [0.2, 0.25) is 0 Å². The van der Waals surface area contributed by atoms with Crippen molar-refractivity contribution < 1.29 is 0 Å². The molecule has 0 unspecified atom stereocenters. The van der Waals surface area contributed by atoms with Gasteiger partial charge < -0.3 is 0 Å². The number of hydrogen-bond acceptors (Lipinski definition) is 2. The van der Waals surface area contributed by atoms with Crippen LogP contribution in [0.15, 0.2) is 44.0 Å². The highest BCUT2D eigenvalue weighted by molar-refractivity contribution is 9.11. The monoisotopic (exact) mass is 374 g/mol. The van der Waals surface area contributed by atoms with E-state index in [2.05, 4.69) is 80.4 Å². The maximum atomic E-state index is 3.44. The van der Waals surface area contributed by atoms with E-state index in [1.165, 1.54) is 17.3 Å². The number of hydrogen-bond donors (Lipinski definition) is 0. The molecule has 0 N–H and O–H groups in total. The van der Waals surface area contributed by atoms with E-state index in [1.807, 2.05) is 0 Å². The molecule has 0 spiro atoms. The minimum atomic E-state index is 1.17. The van der Waals surface area contributed by atoms with Crippen molar-refractivity contribution in [2.24, 2.45) is 0 Å². The molecule has 0 fully saturated rings. The van der Waals surface area contributed by atoms with Crippen LogP contribution >= 0.6 is 54.5 Å². The first-order valence-corrected chi connectivity index (χ1v) is 7.81. The van der Waals surface area contributed by atoms with Gasteiger partial charge in [0, 0.05) is 9.75 Å². The smallest absolute Gasteiger partial charge is 0.0704 e. The van der Waals surface area contributed by atoms with Crippen molar-refractivity contribution in [2.45, 2.75) is 0 Å². The Labute approximate surface area is 120 Å². The maximum absolute atomic E-state index is 3.44. The molecule has 4 heteroatoms. The molecule has 2 aromatic rings. The quantitative estimate of drug-likeness (QED) is 0.571. The number of rotatable bonds is 3. The van der Waals surface area contributed by atoms with Gasteiger partial charge in [0.2, 0.25) is 0 Å². The molecular formula is C12H8Br2S2. The minimum absolute atomic E-state index is 1.17. The van der Waals surface area contributed by atoms with Gasteiger partial charge in [-0.15, -0.1) is 22.7 Å². The Bertz CT molecular complexity index is 472.